The second-order valence-electron chi connectivity index (χ2n) is 17.4. The van der Waals surface area contributed by atoms with Crippen LogP contribution in [0, 0.1) is 0 Å². The molecule has 0 fully saturated rings. The maximum Gasteiger partial charge on any atom is 0.249 e. The van der Waals surface area contributed by atoms with E-state index in [4.69, 9.17) is 0 Å². The molecule has 0 aliphatic rings. The van der Waals surface area contributed by atoms with Crippen molar-refractivity contribution in [2.45, 2.75) is 289 Å². The number of unbranched alkanes of at least 4 members (excludes halogenated alkanes) is 36. The van der Waals surface area contributed by atoms with E-state index in [9.17, 15) is 20.1 Å². The lowest BCUT2D eigenvalue weighted by molar-refractivity contribution is -0.131. The monoisotopic (exact) mass is 790 g/mol. The van der Waals surface area contributed by atoms with Gasteiger partial charge in [-0.25, -0.2) is 0 Å². The highest BCUT2D eigenvalue weighted by Crippen LogP contribution is 2.17. The van der Waals surface area contributed by atoms with Crippen molar-refractivity contribution in [1.82, 2.24) is 5.32 Å². The maximum atomic E-state index is 12.5. The largest absolute Gasteiger partial charge is 0.394 e. The molecule has 4 N–H and O–H groups in total. The zero-order chi connectivity index (χ0) is 40.8. The topological polar surface area (TPSA) is 89.8 Å². The van der Waals surface area contributed by atoms with Crippen molar-refractivity contribution in [3.8, 4) is 0 Å². The third kappa shape index (κ3) is 41.0. The standard InChI is InChI=1S/C51H99NO4/c1-3-5-7-9-11-13-15-17-19-21-22-23-24-25-26-27-28-30-31-33-35-37-39-41-43-45-49(54)48(47-53)52-51(56)50(55)46-44-42-40-38-36-34-32-29-20-18-16-14-12-10-8-6-4-2/h35,37,43,45,48-50,53-55H,3-34,36,38-42,44,46-47H2,1-2H3,(H,52,56)/b37-35+,45-43+. The molecule has 0 aromatic rings. The Morgan fingerprint density at radius 1 is 0.429 bits per heavy atom. The quantitative estimate of drug-likeness (QED) is 0.0365. The van der Waals surface area contributed by atoms with E-state index in [1.165, 1.54) is 212 Å². The Bertz CT molecular complexity index is 829. The first-order chi connectivity index (χ1) is 27.6. The first kappa shape index (κ1) is 54.8. The van der Waals surface area contributed by atoms with Gasteiger partial charge in [0.15, 0.2) is 0 Å². The van der Waals surface area contributed by atoms with Crippen molar-refractivity contribution in [3.63, 3.8) is 0 Å². The zero-order valence-electron chi connectivity index (χ0n) is 37.8. The van der Waals surface area contributed by atoms with Crippen LogP contribution in [0.1, 0.15) is 271 Å². The predicted octanol–water partition coefficient (Wildman–Crippen LogP) is 14.9. The predicted molar refractivity (Wildman–Crippen MR) is 245 cm³/mol. The van der Waals surface area contributed by atoms with E-state index in [-0.39, 0.29) is 6.61 Å². The normalized spacial score (nSPS) is 13.6. The van der Waals surface area contributed by atoms with Gasteiger partial charge in [0.05, 0.1) is 18.8 Å². The van der Waals surface area contributed by atoms with Crippen molar-refractivity contribution in [3.05, 3.63) is 24.3 Å². The minimum atomic E-state index is -1.10. The Morgan fingerprint density at radius 3 is 1.09 bits per heavy atom. The fourth-order valence-corrected chi connectivity index (χ4v) is 7.85. The zero-order valence-corrected chi connectivity index (χ0v) is 37.8. The minimum absolute atomic E-state index is 0.373. The Balaban J connectivity index is 3.63. The van der Waals surface area contributed by atoms with E-state index < -0.39 is 24.2 Å². The highest BCUT2D eigenvalue weighted by molar-refractivity contribution is 5.80. The van der Waals surface area contributed by atoms with Gasteiger partial charge in [0.25, 0.3) is 0 Å². The van der Waals surface area contributed by atoms with Crippen LogP contribution in [-0.4, -0.2) is 46.1 Å². The first-order valence-corrected chi connectivity index (χ1v) is 25.2. The van der Waals surface area contributed by atoms with Crippen LogP contribution >= 0.6 is 0 Å². The molecule has 0 aromatic heterocycles. The number of carbonyl (C=O) groups excluding carboxylic acids is 1. The summed E-state index contributed by atoms with van der Waals surface area (Å²) in [5, 5.41) is 33.2. The number of carbonyl (C=O) groups is 1. The molecule has 0 rings (SSSR count). The van der Waals surface area contributed by atoms with Crippen LogP contribution in [0.2, 0.25) is 0 Å². The number of aliphatic hydroxyl groups excluding tert-OH is 3. The van der Waals surface area contributed by atoms with E-state index >= 15 is 0 Å². The fraction of sp³-hybridized carbons (Fsp3) is 0.902. The molecule has 0 saturated carbocycles. The first-order valence-electron chi connectivity index (χ1n) is 25.2. The van der Waals surface area contributed by atoms with Crippen LogP contribution in [0.5, 0.6) is 0 Å². The molecule has 0 saturated heterocycles. The summed E-state index contributed by atoms with van der Waals surface area (Å²) < 4.78 is 0. The van der Waals surface area contributed by atoms with Crippen LogP contribution < -0.4 is 5.32 Å². The summed E-state index contributed by atoms with van der Waals surface area (Å²) in [5.74, 6) is -0.509. The second kappa shape index (κ2) is 46.5. The van der Waals surface area contributed by atoms with Crippen molar-refractivity contribution in [2.75, 3.05) is 6.61 Å². The van der Waals surface area contributed by atoms with Crippen LogP contribution in [0.4, 0.5) is 0 Å². The van der Waals surface area contributed by atoms with Crippen molar-refractivity contribution >= 4 is 5.91 Å². The fourth-order valence-electron chi connectivity index (χ4n) is 7.85. The molecule has 0 aliphatic heterocycles. The molecule has 0 heterocycles. The molecule has 5 nitrogen and oxygen atoms in total. The Morgan fingerprint density at radius 2 is 0.732 bits per heavy atom. The third-order valence-electron chi connectivity index (χ3n) is 11.8. The summed E-state index contributed by atoms with van der Waals surface area (Å²) in [6.45, 7) is 4.20. The lowest BCUT2D eigenvalue weighted by Gasteiger charge is -2.21. The number of allylic oxidation sites excluding steroid dienone is 3. The third-order valence-corrected chi connectivity index (χ3v) is 11.8. The van der Waals surface area contributed by atoms with Gasteiger partial charge in [-0.1, -0.05) is 263 Å². The molecule has 332 valence electrons. The Hall–Kier alpha value is -1.17. The van der Waals surface area contributed by atoms with Gasteiger partial charge in [0.2, 0.25) is 5.91 Å². The van der Waals surface area contributed by atoms with Crippen LogP contribution in [-0.2, 0) is 4.79 Å². The van der Waals surface area contributed by atoms with Gasteiger partial charge in [-0.15, -0.1) is 0 Å². The van der Waals surface area contributed by atoms with Crippen LogP contribution in [0.3, 0.4) is 0 Å². The summed E-state index contributed by atoms with van der Waals surface area (Å²) in [6.07, 6.45) is 58.1. The lowest BCUT2D eigenvalue weighted by Crippen LogP contribution is -2.48. The maximum absolute atomic E-state index is 12.5. The van der Waals surface area contributed by atoms with Crippen molar-refractivity contribution in [1.29, 1.82) is 0 Å². The molecule has 0 spiro atoms. The van der Waals surface area contributed by atoms with Crippen LogP contribution in [0.15, 0.2) is 24.3 Å². The van der Waals surface area contributed by atoms with Gasteiger partial charge in [0, 0.05) is 0 Å². The summed E-state index contributed by atoms with van der Waals surface area (Å²) in [4.78, 5) is 12.5. The number of nitrogens with one attached hydrogen (secondary N) is 1. The molecule has 56 heavy (non-hydrogen) atoms. The van der Waals surface area contributed by atoms with Gasteiger partial charge in [-0.05, 0) is 32.1 Å². The van der Waals surface area contributed by atoms with E-state index in [1.807, 2.05) is 6.08 Å². The van der Waals surface area contributed by atoms with E-state index in [0.717, 1.165) is 38.5 Å². The minimum Gasteiger partial charge on any atom is -0.394 e. The van der Waals surface area contributed by atoms with Crippen LogP contribution in [0.25, 0.3) is 0 Å². The molecule has 5 heteroatoms. The summed E-state index contributed by atoms with van der Waals surface area (Å²) in [5.41, 5.74) is 0. The molecule has 0 aliphatic carbocycles. The Labute approximate surface area is 350 Å². The van der Waals surface area contributed by atoms with Crippen molar-refractivity contribution < 1.29 is 20.1 Å². The SMILES string of the molecule is CCCCCCCCCCCCCCCCCCCCC/C=C/CC/C=C/C(O)C(CO)NC(=O)C(O)CCCCCCCCCCCCCCCCCCC. The smallest absolute Gasteiger partial charge is 0.249 e. The number of rotatable bonds is 46. The van der Waals surface area contributed by atoms with E-state index in [1.54, 1.807) is 6.08 Å². The highest BCUT2D eigenvalue weighted by atomic mass is 16.3. The number of amides is 1. The summed E-state index contributed by atoms with van der Waals surface area (Å²) in [7, 11) is 0. The van der Waals surface area contributed by atoms with Gasteiger partial charge in [-0.2, -0.15) is 0 Å². The second-order valence-corrected chi connectivity index (χ2v) is 17.4. The number of hydrogen-bond acceptors (Lipinski definition) is 4. The molecular weight excluding hydrogens is 691 g/mol. The molecular formula is C51H99NO4. The molecule has 0 aromatic carbocycles. The van der Waals surface area contributed by atoms with Gasteiger partial charge in [-0.3, -0.25) is 4.79 Å². The highest BCUT2D eigenvalue weighted by Gasteiger charge is 2.22. The van der Waals surface area contributed by atoms with Crippen molar-refractivity contribution in [2.24, 2.45) is 0 Å². The summed E-state index contributed by atoms with van der Waals surface area (Å²) in [6, 6.07) is -0.811. The molecule has 0 bridgehead atoms. The average molecular weight is 790 g/mol. The average Bonchev–Trinajstić information content (AvgIpc) is 3.20. The Kier molecular flexibility index (Phi) is 45.5. The van der Waals surface area contributed by atoms with E-state index in [2.05, 4.69) is 31.3 Å². The van der Waals surface area contributed by atoms with Gasteiger partial charge >= 0.3 is 0 Å². The molecule has 0 radical (unpaired) electrons. The number of hydrogen-bond donors (Lipinski definition) is 4. The molecule has 3 atom stereocenters. The molecule has 1 amide bonds. The van der Waals surface area contributed by atoms with Gasteiger partial charge in [0.1, 0.15) is 6.10 Å². The lowest BCUT2D eigenvalue weighted by atomic mass is 10.0. The van der Waals surface area contributed by atoms with Gasteiger partial charge < -0.3 is 20.6 Å². The van der Waals surface area contributed by atoms with E-state index in [0.29, 0.717) is 6.42 Å². The number of aliphatic hydroxyl groups is 3. The summed E-state index contributed by atoms with van der Waals surface area (Å²) >= 11 is 0. The molecule has 3 unspecified atom stereocenters.